The van der Waals surface area contributed by atoms with Crippen molar-refractivity contribution in [2.45, 2.75) is 44.9 Å². The van der Waals surface area contributed by atoms with Gasteiger partial charge in [0.15, 0.2) is 0 Å². The lowest BCUT2D eigenvalue weighted by Gasteiger charge is -2.31. The molecule has 3 N–H and O–H groups in total. The van der Waals surface area contributed by atoms with Crippen molar-refractivity contribution < 1.29 is 24.1 Å². The molecule has 1 amide bonds. The lowest BCUT2D eigenvalue weighted by atomic mass is 10.0. The van der Waals surface area contributed by atoms with E-state index in [4.69, 9.17) is 19.9 Å². The zero-order valence-electron chi connectivity index (χ0n) is 21.8. The molecule has 37 heavy (non-hydrogen) atoms. The first kappa shape index (κ1) is 26.5. The van der Waals surface area contributed by atoms with Gasteiger partial charge in [-0.3, -0.25) is 9.69 Å². The molecule has 1 aliphatic carbocycles. The molecule has 1 aliphatic rings. The maximum atomic E-state index is 12.0. The molecule has 0 spiro atoms. The molecule has 7 nitrogen and oxygen atoms in total. The van der Waals surface area contributed by atoms with E-state index in [0.717, 1.165) is 35.5 Å². The first-order valence-electron chi connectivity index (χ1n) is 12.7. The monoisotopic (exact) mass is 504 g/mol. The van der Waals surface area contributed by atoms with Gasteiger partial charge in [0, 0.05) is 37.2 Å². The lowest BCUT2D eigenvalue weighted by molar-refractivity contribution is 0.0826. The molecule has 7 heteroatoms. The minimum atomic E-state index is -0.685. The molecular formula is C30H36N2O5. The highest BCUT2D eigenvalue weighted by Crippen LogP contribution is 2.31. The molecule has 0 saturated carbocycles. The number of amides is 1. The molecule has 196 valence electrons. The average molecular weight is 505 g/mol. The fraction of sp³-hybridized carbons (Fsp3) is 0.367. The van der Waals surface area contributed by atoms with Crippen molar-refractivity contribution in [3.05, 3.63) is 88.5 Å². The molecule has 3 aromatic rings. The second-order valence-corrected chi connectivity index (χ2v) is 9.39. The van der Waals surface area contributed by atoms with E-state index in [2.05, 4.69) is 29.2 Å². The number of carbonyl (C=O) groups excluding carboxylic acids is 1. The van der Waals surface area contributed by atoms with Gasteiger partial charge in [0.1, 0.15) is 17.2 Å². The third kappa shape index (κ3) is 6.24. The highest BCUT2D eigenvalue weighted by atomic mass is 16.5. The van der Waals surface area contributed by atoms with Crippen LogP contribution in [0.25, 0.3) is 0 Å². The highest BCUT2D eigenvalue weighted by Gasteiger charge is 2.29. The van der Waals surface area contributed by atoms with Gasteiger partial charge in [0.2, 0.25) is 0 Å². The maximum Gasteiger partial charge on any atom is 0.252 e. The second kappa shape index (κ2) is 12.1. The molecule has 0 bridgehead atoms. The summed E-state index contributed by atoms with van der Waals surface area (Å²) in [5.41, 5.74) is 10.4. The number of para-hydroxylation sites is 1. The van der Waals surface area contributed by atoms with E-state index >= 15 is 0 Å². The largest absolute Gasteiger partial charge is 0.497 e. The zero-order valence-corrected chi connectivity index (χ0v) is 21.8. The summed E-state index contributed by atoms with van der Waals surface area (Å²) in [4.78, 5) is 14.3. The standard InChI is InChI=1S/C30H36N2O5/c1-4-37-29-22(10-7-11-27(29)30(31)34)16-25(33)19-32(24-14-20-8-5-6-9-21(20)15-24)18-23-12-13-26(35-2)17-28(23)36-3/h5-13,17,24-25,33H,4,14-16,18-19H2,1-3H3,(H2,31,34)/t25-/m1/s1. The Balaban J connectivity index is 1.58. The van der Waals surface area contributed by atoms with Gasteiger partial charge in [-0.15, -0.1) is 0 Å². The van der Waals surface area contributed by atoms with E-state index in [1.807, 2.05) is 31.2 Å². The van der Waals surface area contributed by atoms with Crippen molar-refractivity contribution in [1.29, 1.82) is 0 Å². The number of fused-ring (bicyclic) bond motifs is 1. The van der Waals surface area contributed by atoms with Gasteiger partial charge in [-0.05, 0) is 48.6 Å². The predicted octanol–water partition coefficient (Wildman–Crippen LogP) is 3.77. The molecule has 0 aliphatic heterocycles. The number of hydrogen-bond donors (Lipinski definition) is 2. The Bertz CT molecular complexity index is 1200. The quantitative estimate of drug-likeness (QED) is 0.390. The summed E-state index contributed by atoms with van der Waals surface area (Å²) >= 11 is 0. The number of benzene rings is 3. The minimum absolute atomic E-state index is 0.238. The van der Waals surface area contributed by atoms with Crippen molar-refractivity contribution in [3.63, 3.8) is 0 Å². The number of rotatable bonds is 12. The van der Waals surface area contributed by atoms with Crippen LogP contribution in [0.2, 0.25) is 0 Å². The molecule has 1 atom stereocenters. The second-order valence-electron chi connectivity index (χ2n) is 9.39. The Kier molecular flexibility index (Phi) is 8.69. The maximum absolute atomic E-state index is 12.0. The van der Waals surface area contributed by atoms with Gasteiger partial charge >= 0.3 is 0 Å². The van der Waals surface area contributed by atoms with Gasteiger partial charge in [-0.2, -0.15) is 0 Å². The normalized spacial score (nSPS) is 13.9. The van der Waals surface area contributed by atoms with Crippen LogP contribution in [0, 0.1) is 0 Å². The molecule has 4 rings (SSSR count). The van der Waals surface area contributed by atoms with Crippen LogP contribution in [0.1, 0.15) is 39.5 Å². The van der Waals surface area contributed by atoms with Crippen LogP contribution >= 0.6 is 0 Å². The molecule has 0 radical (unpaired) electrons. The first-order chi connectivity index (χ1) is 17.9. The van der Waals surface area contributed by atoms with Gasteiger partial charge in [0.25, 0.3) is 5.91 Å². The number of nitrogens with two attached hydrogens (primary N) is 1. The molecule has 0 heterocycles. The summed E-state index contributed by atoms with van der Waals surface area (Å²) in [6, 6.07) is 19.9. The molecule has 0 fully saturated rings. The number of aliphatic hydroxyl groups is 1. The zero-order chi connectivity index (χ0) is 26.4. The van der Waals surface area contributed by atoms with E-state index < -0.39 is 12.0 Å². The predicted molar refractivity (Wildman–Crippen MR) is 143 cm³/mol. The first-order valence-corrected chi connectivity index (χ1v) is 12.7. The summed E-state index contributed by atoms with van der Waals surface area (Å²) in [7, 11) is 3.29. The third-order valence-electron chi connectivity index (χ3n) is 6.97. The third-order valence-corrected chi connectivity index (χ3v) is 6.97. The van der Waals surface area contributed by atoms with E-state index in [1.165, 1.54) is 11.1 Å². The molecule has 0 unspecified atom stereocenters. The smallest absolute Gasteiger partial charge is 0.252 e. The van der Waals surface area contributed by atoms with Gasteiger partial charge < -0.3 is 25.1 Å². The number of aliphatic hydroxyl groups excluding tert-OH is 1. The number of nitrogens with zero attached hydrogens (tertiary/aromatic N) is 1. The molecule has 0 aromatic heterocycles. The van der Waals surface area contributed by atoms with E-state index in [0.29, 0.717) is 37.4 Å². The highest BCUT2D eigenvalue weighted by molar-refractivity contribution is 5.96. The number of methoxy groups -OCH3 is 2. The fourth-order valence-corrected chi connectivity index (χ4v) is 5.18. The van der Waals surface area contributed by atoms with Crippen LogP contribution in [-0.4, -0.2) is 55.4 Å². The van der Waals surface area contributed by atoms with Crippen molar-refractivity contribution in [2.75, 3.05) is 27.4 Å². The van der Waals surface area contributed by atoms with Gasteiger partial charge in [0.05, 0.1) is 32.5 Å². The van der Waals surface area contributed by atoms with Gasteiger partial charge in [-0.1, -0.05) is 42.5 Å². The summed E-state index contributed by atoms with van der Waals surface area (Å²) in [5.74, 6) is 1.39. The fourth-order valence-electron chi connectivity index (χ4n) is 5.18. The van der Waals surface area contributed by atoms with Crippen LogP contribution in [0.3, 0.4) is 0 Å². The summed E-state index contributed by atoms with van der Waals surface area (Å²) in [6.07, 6.45) is 1.49. The summed E-state index contributed by atoms with van der Waals surface area (Å²) < 4.78 is 16.8. The van der Waals surface area contributed by atoms with Crippen molar-refractivity contribution in [1.82, 2.24) is 4.90 Å². The SMILES string of the molecule is CCOc1c(C[C@@H](O)CN(Cc2ccc(OC)cc2OC)C2Cc3ccccc3C2)cccc1C(N)=O. The molecule has 3 aromatic carbocycles. The van der Waals surface area contributed by atoms with Crippen molar-refractivity contribution >= 4 is 5.91 Å². The number of primary amides is 1. The van der Waals surface area contributed by atoms with Crippen LogP contribution in [-0.2, 0) is 25.8 Å². The Morgan fingerprint density at radius 1 is 1.03 bits per heavy atom. The van der Waals surface area contributed by atoms with Crippen LogP contribution in [0.4, 0.5) is 0 Å². The minimum Gasteiger partial charge on any atom is -0.497 e. The summed E-state index contributed by atoms with van der Waals surface area (Å²) in [6.45, 7) is 3.32. The van der Waals surface area contributed by atoms with Crippen molar-refractivity contribution in [2.24, 2.45) is 5.73 Å². The van der Waals surface area contributed by atoms with Gasteiger partial charge in [-0.25, -0.2) is 0 Å². The average Bonchev–Trinajstić information content (AvgIpc) is 3.34. The van der Waals surface area contributed by atoms with E-state index in [1.54, 1.807) is 26.4 Å². The van der Waals surface area contributed by atoms with E-state index in [9.17, 15) is 9.90 Å². The number of carbonyl (C=O) groups is 1. The topological polar surface area (TPSA) is 94.2 Å². The Morgan fingerprint density at radius 3 is 2.38 bits per heavy atom. The number of ether oxygens (including phenoxy) is 3. The Morgan fingerprint density at radius 2 is 1.76 bits per heavy atom. The van der Waals surface area contributed by atoms with Crippen LogP contribution < -0.4 is 19.9 Å². The molecular weight excluding hydrogens is 468 g/mol. The Hall–Kier alpha value is -3.55. The Labute approximate surface area is 218 Å². The lowest BCUT2D eigenvalue weighted by Crippen LogP contribution is -2.41. The number of hydrogen-bond acceptors (Lipinski definition) is 6. The van der Waals surface area contributed by atoms with Crippen molar-refractivity contribution in [3.8, 4) is 17.2 Å². The van der Waals surface area contributed by atoms with Crippen LogP contribution in [0.5, 0.6) is 17.2 Å². The summed E-state index contributed by atoms with van der Waals surface area (Å²) in [5, 5.41) is 11.3. The molecule has 0 saturated heterocycles. The van der Waals surface area contributed by atoms with E-state index in [-0.39, 0.29) is 6.04 Å². The van der Waals surface area contributed by atoms with Crippen LogP contribution in [0.15, 0.2) is 60.7 Å².